The van der Waals surface area contributed by atoms with Gasteiger partial charge in [0, 0.05) is 38.1 Å². The van der Waals surface area contributed by atoms with Crippen molar-refractivity contribution >= 4 is 0 Å². The lowest BCUT2D eigenvalue weighted by Crippen LogP contribution is -2.33. The molecule has 0 amide bonds. The summed E-state index contributed by atoms with van der Waals surface area (Å²) in [5.74, 6) is 1.85. The van der Waals surface area contributed by atoms with Crippen molar-refractivity contribution < 1.29 is 0 Å². The third-order valence-electron chi connectivity index (χ3n) is 4.86. The number of hydrogen-bond donors (Lipinski definition) is 1. The molecule has 0 spiro atoms. The molecule has 2 aliphatic rings. The first-order chi connectivity index (χ1) is 8.79. The largest absolute Gasteiger partial charge is 0.329 e. The number of pyridine rings is 1. The van der Waals surface area contributed by atoms with Gasteiger partial charge in [0.2, 0.25) is 0 Å². The zero-order chi connectivity index (χ0) is 12.5. The fourth-order valence-corrected chi connectivity index (χ4v) is 3.82. The average Bonchev–Trinajstić information content (AvgIpc) is 2.93. The van der Waals surface area contributed by atoms with Crippen molar-refractivity contribution in [2.75, 3.05) is 19.6 Å². The van der Waals surface area contributed by atoms with Crippen molar-refractivity contribution in [3.63, 3.8) is 0 Å². The van der Waals surface area contributed by atoms with Gasteiger partial charge in [-0.3, -0.25) is 9.88 Å². The molecule has 1 aliphatic carbocycles. The normalized spacial score (nSPS) is 29.4. The van der Waals surface area contributed by atoms with E-state index < -0.39 is 0 Å². The first-order valence-electron chi connectivity index (χ1n) is 7.14. The van der Waals surface area contributed by atoms with E-state index in [9.17, 15) is 0 Å². The van der Waals surface area contributed by atoms with E-state index in [2.05, 4.69) is 22.9 Å². The zero-order valence-corrected chi connectivity index (χ0v) is 11.2. The van der Waals surface area contributed by atoms with Gasteiger partial charge in [-0.05, 0) is 48.8 Å². The summed E-state index contributed by atoms with van der Waals surface area (Å²) in [6.45, 7) is 5.34. The van der Waals surface area contributed by atoms with E-state index in [4.69, 9.17) is 5.73 Å². The molecule has 2 heterocycles. The molecular weight excluding hydrogens is 222 g/mol. The Hall–Kier alpha value is -0.930. The molecule has 0 radical (unpaired) electrons. The highest BCUT2D eigenvalue weighted by molar-refractivity contribution is 5.26. The van der Waals surface area contributed by atoms with Crippen molar-refractivity contribution in [3.05, 3.63) is 29.6 Å². The second-order valence-corrected chi connectivity index (χ2v) is 5.89. The molecule has 2 N–H and O–H groups in total. The topological polar surface area (TPSA) is 42.1 Å². The number of rotatable bonds is 3. The summed E-state index contributed by atoms with van der Waals surface area (Å²) in [5, 5.41) is 0. The first-order valence-corrected chi connectivity index (χ1v) is 7.14. The van der Waals surface area contributed by atoms with Crippen molar-refractivity contribution in [1.82, 2.24) is 9.88 Å². The van der Waals surface area contributed by atoms with Gasteiger partial charge in [0.15, 0.2) is 0 Å². The summed E-state index contributed by atoms with van der Waals surface area (Å²) in [6, 6.07) is 2.46. The summed E-state index contributed by atoms with van der Waals surface area (Å²) >= 11 is 0. The Kier molecular flexibility index (Phi) is 3.35. The van der Waals surface area contributed by atoms with Gasteiger partial charge in [0.05, 0.1) is 0 Å². The number of nitrogens with zero attached hydrogens (tertiary/aromatic N) is 2. The zero-order valence-electron chi connectivity index (χ0n) is 11.2. The third kappa shape index (κ3) is 2.06. The Morgan fingerprint density at radius 2 is 2.11 bits per heavy atom. The maximum atomic E-state index is 6.03. The minimum atomic E-state index is 0.365. The summed E-state index contributed by atoms with van der Waals surface area (Å²) in [5.41, 5.74) is 8.67. The molecule has 3 atom stereocenters. The molecule has 0 bridgehead atoms. The predicted octanol–water partition coefficient (Wildman–Crippen LogP) is 2.12. The second kappa shape index (κ2) is 4.98. The van der Waals surface area contributed by atoms with E-state index in [1.807, 2.05) is 12.4 Å². The molecule has 98 valence electrons. The van der Waals surface area contributed by atoms with Crippen LogP contribution in [0.25, 0.3) is 0 Å². The van der Waals surface area contributed by atoms with E-state index in [1.54, 1.807) is 0 Å². The van der Waals surface area contributed by atoms with Crippen LogP contribution in [0.15, 0.2) is 18.5 Å². The molecule has 18 heavy (non-hydrogen) atoms. The first kappa shape index (κ1) is 12.1. The SMILES string of the molecule is Cc1ccncc1C(CN)N1CC2CCCC2C1. The van der Waals surface area contributed by atoms with Crippen LogP contribution >= 0.6 is 0 Å². The van der Waals surface area contributed by atoms with Crippen LogP contribution in [0.1, 0.15) is 36.4 Å². The van der Waals surface area contributed by atoms with Gasteiger partial charge in [-0.1, -0.05) is 6.42 Å². The molecule has 1 saturated carbocycles. The van der Waals surface area contributed by atoms with Gasteiger partial charge in [-0.2, -0.15) is 0 Å². The molecule has 0 aromatic carbocycles. The molecule has 3 rings (SSSR count). The Morgan fingerprint density at radius 1 is 1.39 bits per heavy atom. The monoisotopic (exact) mass is 245 g/mol. The molecular formula is C15H23N3. The predicted molar refractivity (Wildman–Crippen MR) is 73.2 cm³/mol. The lowest BCUT2D eigenvalue weighted by Gasteiger charge is -2.28. The number of nitrogens with two attached hydrogens (primary N) is 1. The maximum Gasteiger partial charge on any atom is 0.0488 e. The van der Waals surface area contributed by atoms with Crippen molar-refractivity contribution in [2.24, 2.45) is 17.6 Å². The van der Waals surface area contributed by atoms with E-state index in [1.165, 1.54) is 43.5 Å². The summed E-state index contributed by atoms with van der Waals surface area (Å²) in [4.78, 5) is 6.87. The summed E-state index contributed by atoms with van der Waals surface area (Å²) < 4.78 is 0. The molecule has 2 fully saturated rings. The highest BCUT2D eigenvalue weighted by Crippen LogP contribution is 2.40. The lowest BCUT2D eigenvalue weighted by atomic mass is 10.0. The highest BCUT2D eigenvalue weighted by atomic mass is 15.2. The van der Waals surface area contributed by atoms with E-state index >= 15 is 0 Å². The fourth-order valence-electron chi connectivity index (χ4n) is 3.82. The van der Waals surface area contributed by atoms with Crippen molar-refractivity contribution in [2.45, 2.75) is 32.2 Å². The van der Waals surface area contributed by atoms with Gasteiger partial charge in [0.1, 0.15) is 0 Å². The summed E-state index contributed by atoms with van der Waals surface area (Å²) in [7, 11) is 0. The van der Waals surface area contributed by atoms with E-state index in [0.29, 0.717) is 12.6 Å². The van der Waals surface area contributed by atoms with Crippen LogP contribution in [0.2, 0.25) is 0 Å². The van der Waals surface area contributed by atoms with Crippen LogP contribution < -0.4 is 5.73 Å². The molecule has 1 aromatic rings. The van der Waals surface area contributed by atoms with Crippen LogP contribution in [-0.4, -0.2) is 29.5 Å². The van der Waals surface area contributed by atoms with E-state index in [0.717, 1.165) is 11.8 Å². The lowest BCUT2D eigenvalue weighted by molar-refractivity contribution is 0.231. The van der Waals surface area contributed by atoms with Crippen molar-refractivity contribution in [1.29, 1.82) is 0 Å². The van der Waals surface area contributed by atoms with Crippen LogP contribution in [0.5, 0.6) is 0 Å². The molecule has 1 aliphatic heterocycles. The molecule has 3 unspecified atom stereocenters. The fraction of sp³-hybridized carbons (Fsp3) is 0.667. The second-order valence-electron chi connectivity index (χ2n) is 5.89. The van der Waals surface area contributed by atoms with E-state index in [-0.39, 0.29) is 0 Å². The van der Waals surface area contributed by atoms with Crippen LogP contribution in [0.4, 0.5) is 0 Å². The Labute approximate surface area is 109 Å². The molecule has 1 aromatic heterocycles. The maximum absolute atomic E-state index is 6.03. The molecule has 1 saturated heterocycles. The third-order valence-corrected chi connectivity index (χ3v) is 4.86. The van der Waals surface area contributed by atoms with Gasteiger partial charge >= 0.3 is 0 Å². The molecule has 3 nitrogen and oxygen atoms in total. The molecule has 3 heteroatoms. The number of hydrogen-bond acceptors (Lipinski definition) is 3. The number of aromatic nitrogens is 1. The van der Waals surface area contributed by atoms with Crippen LogP contribution in [0.3, 0.4) is 0 Å². The van der Waals surface area contributed by atoms with Crippen LogP contribution in [0, 0.1) is 18.8 Å². The Morgan fingerprint density at radius 3 is 2.72 bits per heavy atom. The van der Waals surface area contributed by atoms with Crippen LogP contribution in [-0.2, 0) is 0 Å². The quantitative estimate of drug-likeness (QED) is 0.887. The average molecular weight is 245 g/mol. The van der Waals surface area contributed by atoms with Gasteiger partial charge in [-0.25, -0.2) is 0 Å². The van der Waals surface area contributed by atoms with Gasteiger partial charge < -0.3 is 5.73 Å². The minimum Gasteiger partial charge on any atom is -0.329 e. The Bertz CT molecular complexity index is 406. The number of likely N-dealkylation sites (tertiary alicyclic amines) is 1. The van der Waals surface area contributed by atoms with Gasteiger partial charge in [-0.15, -0.1) is 0 Å². The van der Waals surface area contributed by atoms with Gasteiger partial charge in [0.25, 0.3) is 0 Å². The standard InChI is InChI=1S/C15H23N3/c1-11-5-6-17-8-14(11)15(7-16)18-9-12-3-2-4-13(12)10-18/h5-6,8,12-13,15H,2-4,7,9-10,16H2,1H3. The Balaban J connectivity index is 1.79. The summed E-state index contributed by atoms with van der Waals surface area (Å²) in [6.07, 6.45) is 8.14. The number of fused-ring (bicyclic) bond motifs is 1. The highest BCUT2D eigenvalue weighted by Gasteiger charge is 2.38. The smallest absolute Gasteiger partial charge is 0.0488 e. The van der Waals surface area contributed by atoms with Crippen molar-refractivity contribution in [3.8, 4) is 0 Å². The number of aryl methyl sites for hydroxylation is 1. The minimum absolute atomic E-state index is 0.365.